The molecule has 0 aromatic heterocycles. The SMILES string of the molecule is O=C1Cc2cccc3c(N4CCCNCC4)ccc1c23. The topological polar surface area (TPSA) is 32.3 Å². The van der Waals surface area contributed by atoms with E-state index >= 15 is 0 Å². The number of rotatable bonds is 1. The van der Waals surface area contributed by atoms with E-state index in [0.29, 0.717) is 6.42 Å². The predicted octanol–water partition coefficient (Wildman–Crippen LogP) is 2.38. The van der Waals surface area contributed by atoms with E-state index in [0.717, 1.165) is 31.7 Å². The standard InChI is InChI=1S/C17H18N2O/c20-16-11-12-3-1-4-13-15(6-5-14(16)17(12)13)19-9-2-7-18-8-10-19/h1,3-6,18H,2,7-11H2. The summed E-state index contributed by atoms with van der Waals surface area (Å²) in [6, 6.07) is 10.5. The van der Waals surface area contributed by atoms with Gasteiger partial charge in [0.15, 0.2) is 5.78 Å². The van der Waals surface area contributed by atoms with Crippen molar-refractivity contribution < 1.29 is 4.79 Å². The largest absolute Gasteiger partial charge is 0.370 e. The molecule has 2 aromatic carbocycles. The molecule has 20 heavy (non-hydrogen) atoms. The lowest BCUT2D eigenvalue weighted by atomic mass is 10.0. The van der Waals surface area contributed by atoms with Gasteiger partial charge in [-0.05, 0) is 36.0 Å². The molecule has 1 N–H and O–H groups in total. The van der Waals surface area contributed by atoms with Crippen molar-refractivity contribution in [3.63, 3.8) is 0 Å². The molecule has 0 unspecified atom stereocenters. The molecule has 4 rings (SSSR count). The zero-order chi connectivity index (χ0) is 13.5. The fourth-order valence-electron chi connectivity index (χ4n) is 3.48. The number of benzene rings is 2. The molecule has 1 aliphatic heterocycles. The third-order valence-corrected chi connectivity index (χ3v) is 4.44. The second kappa shape index (κ2) is 4.60. The molecular formula is C17H18N2O. The van der Waals surface area contributed by atoms with Crippen molar-refractivity contribution in [1.82, 2.24) is 5.32 Å². The minimum absolute atomic E-state index is 0.264. The Morgan fingerprint density at radius 3 is 2.95 bits per heavy atom. The van der Waals surface area contributed by atoms with Crippen LogP contribution in [0.1, 0.15) is 22.3 Å². The highest BCUT2D eigenvalue weighted by Gasteiger charge is 2.24. The molecule has 102 valence electrons. The van der Waals surface area contributed by atoms with Crippen molar-refractivity contribution in [2.24, 2.45) is 0 Å². The Kier molecular flexibility index (Phi) is 2.74. The van der Waals surface area contributed by atoms with E-state index in [1.807, 2.05) is 6.07 Å². The van der Waals surface area contributed by atoms with Crippen molar-refractivity contribution in [2.75, 3.05) is 31.1 Å². The summed E-state index contributed by atoms with van der Waals surface area (Å²) in [5.74, 6) is 0.264. The van der Waals surface area contributed by atoms with Crippen LogP contribution in [0.15, 0.2) is 30.3 Å². The number of carbonyl (C=O) groups excluding carboxylic acids is 1. The van der Waals surface area contributed by atoms with Crippen LogP contribution in [0.5, 0.6) is 0 Å². The smallest absolute Gasteiger partial charge is 0.167 e. The Labute approximate surface area is 118 Å². The highest BCUT2D eigenvalue weighted by atomic mass is 16.1. The normalized spacial score (nSPS) is 18.6. The van der Waals surface area contributed by atoms with Gasteiger partial charge in [-0.1, -0.05) is 18.2 Å². The minimum Gasteiger partial charge on any atom is -0.370 e. The van der Waals surface area contributed by atoms with Crippen LogP contribution in [0.4, 0.5) is 5.69 Å². The van der Waals surface area contributed by atoms with Crippen molar-refractivity contribution in [1.29, 1.82) is 0 Å². The molecular weight excluding hydrogens is 248 g/mol. The highest BCUT2D eigenvalue weighted by molar-refractivity contribution is 6.18. The van der Waals surface area contributed by atoms with Crippen LogP contribution in [0.25, 0.3) is 10.8 Å². The zero-order valence-corrected chi connectivity index (χ0v) is 11.5. The lowest BCUT2D eigenvalue weighted by Gasteiger charge is -2.24. The Morgan fingerprint density at radius 1 is 1.05 bits per heavy atom. The molecule has 0 atom stereocenters. The summed E-state index contributed by atoms with van der Waals surface area (Å²) >= 11 is 0. The first kappa shape index (κ1) is 11.9. The molecule has 1 fully saturated rings. The summed E-state index contributed by atoms with van der Waals surface area (Å²) in [6.07, 6.45) is 1.74. The van der Waals surface area contributed by atoms with Gasteiger partial charge in [-0.3, -0.25) is 4.79 Å². The first-order valence-corrected chi connectivity index (χ1v) is 7.38. The zero-order valence-electron chi connectivity index (χ0n) is 11.5. The van der Waals surface area contributed by atoms with Gasteiger partial charge in [-0.2, -0.15) is 0 Å². The third-order valence-electron chi connectivity index (χ3n) is 4.44. The fourth-order valence-corrected chi connectivity index (χ4v) is 3.48. The van der Waals surface area contributed by atoms with Crippen LogP contribution in [-0.2, 0) is 6.42 Å². The summed E-state index contributed by atoms with van der Waals surface area (Å²) in [7, 11) is 0. The van der Waals surface area contributed by atoms with Crippen LogP contribution < -0.4 is 10.2 Å². The molecule has 3 heteroatoms. The van der Waals surface area contributed by atoms with E-state index in [9.17, 15) is 4.79 Å². The summed E-state index contributed by atoms with van der Waals surface area (Å²) in [5.41, 5.74) is 3.38. The molecule has 0 radical (unpaired) electrons. The molecule has 0 spiro atoms. The van der Waals surface area contributed by atoms with E-state index in [1.165, 1.54) is 28.4 Å². The maximum absolute atomic E-state index is 12.1. The van der Waals surface area contributed by atoms with E-state index in [1.54, 1.807) is 0 Å². The van der Waals surface area contributed by atoms with Gasteiger partial charge < -0.3 is 10.2 Å². The predicted molar refractivity (Wildman–Crippen MR) is 81.7 cm³/mol. The van der Waals surface area contributed by atoms with Gasteiger partial charge in [-0.25, -0.2) is 0 Å². The van der Waals surface area contributed by atoms with Crippen LogP contribution in [0.2, 0.25) is 0 Å². The second-order valence-corrected chi connectivity index (χ2v) is 5.66. The van der Waals surface area contributed by atoms with Gasteiger partial charge in [0.2, 0.25) is 0 Å². The third kappa shape index (κ3) is 1.74. The summed E-state index contributed by atoms with van der Waals surface area (Å²) in [4.78, 5) is 14.5. The van der Waals surface area contributed by atoms with Crippen molar-refractivity contribution in [3.05, 3.63) is 41.5 Å². The van der Waals surface area contributed by atoms with E-state index < -0.39 is 0 Å². The molecule has 2 aromatic rings. The Morgan fingerprint density at radius 2 is 2.00 bits per heavy atom. The van der Waals surface area contributed by atoms with Crippen LogP contribution in [0.3, 0.4) is 0 Å². The van der Waals surface area contributed by atoms with E-state index in [2.05, 4.69) is 34.5 Å². The van der Waals surface area contributed by atoms with Gasteiger partial charge >= 0.3 is 0 Å². The van der Waals surface area contributed by atoms with Crippen molar-refractivity contribution >= 4 is 22.2 Å². The molecule has 3 nitrogen and oxygen atoms in total. The number of carbonyl (C=O) groups is 1. The fraction of sp³-hybridized carbons (Fsp3) is 0.353. The highest BCUT2D eigenvalue weighted by Crippen LogP contribution is 2.36. The second-order valence-electron chi connectivity index (χ2n) is 5.66. The van der Waals surface area contributed by atoms with Gasteiger partial charge in [-0.15, -0.1) is 0 Å². The molecule has 0 saturated carbocycles. The number of hydrogen-bond acceptors (Lipinski definition) is 3. The van der Waals surface area contributed by atoms with Crippen LogP contribution in [0, 0.1) is 0 Å². The summed E-state index contributed by atoms with van der Waals surface area (Å²) in [5, 5.41) is 5.87. The summed E-state index contributed by atoms with van der Waals surface area (Å²) < 4.78 is 0. The average Bonchev–Trinajstić information content (AvgIpc) is 2.67. The van der Waals surface area contributed by atoms with Gasteiger partial charge in [0.1, 0.15) is 0 Å². The first-order valence-electron chi connectivity index (χ1n) is 7.38. The number of ketones is 1. The van der Waals surface area contributed by atoms with Crippen molar-refractivity contribution in [2.45, 2.75) is 12.8 Å². The maximum atomic E-state index is 12.1. The molecule has 0 bridgehead atoms. The van der Waals surface area contributed by atoms with E-state index in [-0.39, 0.29) is 5.78 Å². The number of hydrogen-bond donors (Lipinski definition) is 1. The molecule has 2 aliphatic rings. The molecule has 1 saturated heterocycles. The van der Waals surface area contributed by atoms with Gasteiger partial charge in [0, 0.05) is 42.7 Å². The van der Waals surface area contributed by atoms with Gasteiger partial charge in [0.05, 0.1) is 0 Å². The lowest BCUT2D eigenvalue weighted by Crippen LogP contribution is -2.28. The number of Topliss-reactive ketones (excluding diaryl/α,β-unsaturated/α-hetero) is 1. The maximum Gasteiger partial charge on any atom is 0.167 e. The Bertz CT molecular complexity index is 685. The van der Waals surface area contributed by atoms with Crippen LogP contribution in [-0.4, -0.2) is 32.0 Å². The monoisotopic (exact) mass is 266 g/mol. The quantitative estimate of drug-likeness (QED) is 0.860. The number of nitrogens with zero attached hydrogens (tertiary/aromatic N) is 1. The molecule has 0 amide bonds. The Balaban J connectivity index is 1.89. The lowest BCUT2D eigenvalue weighted by molar-refractivity contribution is 0.1000. The number of anilines is 1. The van der Waals surface area contributed by atoms with Gasteiger partial charge in [0.25, 0.3) is 0 Å². The first-order chi connectivity index (χ1) is 9.84. The van der Waals surface area contributed by atoms with Crippen LogP contribution >= 0.6 is 0 Å². The van der Waals surface area contributed by atoms with Crippen molar-refractivity contribution in [3.8, 4) is 0 Å². The molecule has 1 heterocycles. The molecule has 1 aliphatic carbocycles. The average molecular weight is 266 g/mol. The summed E-state index contributed by atoms with van der Waals surface area (Å²) in [6.45, 7) is 4.24. The minimum atomic E-state index is 0.264. The Hall–Kier alpha value is -1.87. The van der Waals surface area contributed by atoms with E-state index in [4.69, 9.17) is 0 Å². The number of nitrogens with one attached hydrogen (secondary N) is 1.